The molecule has 2 aromatic rings. The van der Waals surface area contributed by atoms with Crippen molar-refractivity contribution in [1.82, 2.24) is 4.90 Å². The second-order valence-corrected chi connectivity index (χ2v) is 6.85. The van der Waals surface area contributed by atoms with Crippen molar-refractivity contribution < 1.29 is 9.53 Å². The molecule has 2 atom stereocenters. The van der Waals surface area contributed by atoms with E-state index < -0.39 is 0 Å². The fourth-order valence-electron chi connectivity index (χ4n) is 3.90. The number of likely N-dealkylation sites (tertiary alicyclic amines) is 1. The third-order valence-electron chi connectivity index (χ3n) is 5.21. The topological polar surface area (TPSA) is 29.5 Å². The van der Waals surface area contributed by atoms with Gasteiger partial charge in [-0.25, -0.2) is 4.79 Å². The van der Waals surface area contributed by atoms with Crippen molar-refractivity contribution in [3.8, 4) is 0 Å². The van der Waals surface area contributed by atoms with Crippen molar-refractivity contribution in [2.24, 2.45) is 0 Å². The Bertz CT molecular complexity index is 777. The van der Waals surface area contributed by atoms with Crippen LogP contribution in [0.25, 0.3) is 0 Å². The molecule has 0 unspecified atom stereocenters. The molecule has 0 N–H and O–H groups in total. The van der Waals surface area contributed by atoms with E-state index in [0.29, 0.717) is 0 Å². The normalized spacial score (nSPS) is 16.6. The molecule has 140 valence electrons. The molecule has 3 rings (SSSR count). The van der Waals surface area contributed by atoms with Gasteiger partial charge in [-0.1, -0.05) is 66.7 Å². The first-order valence-electron chi connectivity index (χ1n) is 9.51. The van der Waals surface area contributed by atoms with E-state index in [2.05, 4.69) is 35.7 Å². The van der Waals surface area contributed by atoms with Gasteiger partial charge in [0.15, 0.2) is 0 Å². The molecule has 1 aliphatic heterocycles. The van der Waals surface area contributed by atoms with Crippen LogP contribution in [0.4, 0.5) is 0 Å². The second-order valence-electron chi connectivity index (χ2n) is 6.85. The number of hydrogen-bond donors (Lipinski definition) is 0. The van der Waals surface area contributed by atoms with E-state index in [1.54, 1.807) is 6.08 Å². The van der Waals surface area contributed by atoms with Crippen molar-refractivity contribution >= 4 is 5.97 Å². The number of benzene rings is 2. The van der Waals surface area contributed by atoms with E-state index in [1.165, 1.54) is 18.2 Å². The van der Waals surface area contributed by atoms with Crippen molar-refractivity contribution in [2.45, 2.75) is 24.7 Å². The zero-order valence-electron chi connectivity index (χ0n) is 15.9. The maximum atomic E-state index is 12.2. The second kappa shape index (κ2) is 9.22. The first-order chi connectivity index (χ1) is 13.2. The van der Waals surface area contributed by atoms with E-state index in [0.717, 1.165) is 31.6 Å². The molecule has 0 aromatic heterocycles. The van der Waals surface area contributed by atoms with Crippen LogP contribution in [-0.2, 0) is 9.53 Å². The highest BCUT2D eigenvalue weighted by Gasteiger charge is 2.31. The molecular formula is C24H27NO2. The van der Waals surface area contributed by atoms with E-state index in [1.807, 2.05) is 42.5 Å². The van der Waals surface area contributed by atoms with Crippen LogP contribution in [0.15, 0.2) is 85.1 Å². The van der Waals surface area contributed by atoms with Crippen molar-refractivity contribution in [3.05, 3.63) is 96.2 Å². The van der Waals surface area contributed by atoms with Crippen LogP contribution in [0.2, 0.25) is 0 Å². The lowest BCUT2D eigenvalue weighted by atomic mass is 9.78. The Balaban J connectivity index is 2.13. The fraction of sp³-hybridized carbons (Fsp3) is 0.292. The molecule has 27 heavy (non-hydrogen) atoms. The number of hydrogen-bond acceptors (Lipinski definition) is 3. The number of allylic oxidation sites excluding steroid dienone is 2. The molecule has 1 fully saturated rings. The minimum atomic E-state index is -0.311. The lowest BCUT2D eigenvalue weighted by Gasteiger charge is -2.34. The summed E-state index contributed by atoms with van der Waals surface area (Å²) in [6.07, 6.45) is 5.95. The monoisotopic (exact) mass is 361 g/mol. The fourth-order valence-corrected chi connectivity index (χ4v) is 3.90. The molecule has 3 nitrogen and oxygen atoms in total. The molecule has 0 bridgehead atoms. The van der Waals surface area contributed by atoms with Gasteiger partial charge in [-0.3, -0.25) is 0 Å². The number of esters is 1. The standard InChI is InChI=1S/C24H27NO2/c1-3-21(19-12-6-4-7-13-19)24(20-14-8-5-9-15-20)22(18-23(26)27-2)25-16-10-11-17-25/h3-9,12-15,18,21,24H,1,10-11,16-17H2,2H3/b22-18+/t21-,24-/m0/s1. The van der Waals surface area contributed by atoms with Gasteiger partial charge >= 0.3 is 5.97 Å². The van der Waals surface area contributed by atoms with Gasteiger partial charge in [-0.15, -0.1) is 6.58 Å². The van der Waals surface area contributed by atoms with Crippen LogP contribution in [0.5, 0.6) is 0 Å². The molecule has 1 saturated heterocycles. The average molecular weight is 361 g/mol. The minimum absolute atomic E-state index is 0.00306. The lowest BCUT2D eigenvalue weighted by Crippen LogP contribution is -2.27. The van der Waals surface area contributed by atoms with E-state index in [-0.39, 0.29) is 17.8 Å². The summed E-state index contributed by atoms with van der Waals surface area (Å²) < 4.78 is 4.98. The number of ether oxygens (including phenoxy) is 1. The summed E-state index contributed by atoms with van der Waals surface area (Å²) in [5.41, 5.74) is 3.38. The molecule has 1 aliphatic rings. The zero-order chi connectivity index (χ0) is 19.1. The lowest BCUT2D eigenvalue weighted by molar-refractivity contribution is -0.135. The van der Waals surface area contributed by atoms with Gasteiger partial charge in [0.1, 0.15) is 0 Å². The SMILES string of the molecule is C=C[C@@H](c1ccccc1)[C@@H](/C(=C\C(=O)OC)N1CCCC1)c1ccccc1. The van der Waals surface area contributed by atoms with Crippen LogP contribution in [0, 0.1) is 0 Å². The third kappa shape index (κ3) is 4.48. The molecule has 2 aromatic carbocycles. The maximum absolute atomic E-state index is 12.2. The Hall–Kier alpha value is -2.81. The summed E-state index contributed by atoms with van der Waals surface area (Å²) in [5.74, 6) is -0.248. The number of methoxy groups -OCH3 is 1. The van der Waals surface area contributed by atoms with Crippen molar-refractivity contribution in [1.29, 1.82) is 0 Å². The Morgan fingerprint density at radius 1 is 1.00 bits per heavy atom. The van der Waals surface area contributed by atoms with Gasteiger partial charge in [-0.05, 0) is 24.0 Å². The van der Waals surface area contributed by atoms with Crippen LogP contribution in [0.3, 0.4) is 0 Å². The summed E-state index contributed by atoms with van der Waals surface area (Å²) in [6.45, 7) is 6.06. The summed E-state index contributed by atoms with van der Waals surface area (Å²) in [7, 11) is 1.43. The Kier molecular flexibility index (Phi) is 6.48. The van der Waals surface area contributed by atoms with Crippen LogP contribution >= 0.6 is 0 Å². The molecule has 0 amide bonds. The van der Waals surface area contributed by atoms with Crippen molar-refractivity contribution in [3.63, 3.8) is 0 Å². The first-order valence-corrected chi connectivity index (χ1v) is 9.51. The first kappa shape index (κ1) is 19.0. The largest absolute Gasteiger partial charge is 0.466 e. The van der Waals surface area contributed by atoms with Gasteiger partial charge in [0, 0.05) is 36.7 Å². The van der Waals surface area contributed by atoms with Crippen LogP contribution in [0.1, 0.15) is 35.8 Å². The molecule has 0 aliphatic carbocycles. The van der Waals surface area contributed by atoms with Gasteiger partial charge in [0.25, 0.3) is 0 Å². The Morgan fingerprint density at radius 3 is 2.07 bits per heavy atom. The van der Waals surface area contributed by atoms with Gasteiger partial charge < -0.3 is 9.64 Å². The molecule has 0 saturated carbocycles. The third-order valence-corrected chi connectivity index (χ3v) is 5.21. The average Bonchev–Trinajstić information content (AvgIpc) is 3.26. The molecule has 3 heteroatoms. The predicted molar refractivity (Wildman–Crippen MR) is 109 cm³/mol. The van der Waals surface area contributed by atoms with Crippen LogP contribution < -0.4 is 0 Å². The number of carbonyl (C=O) groups is 1. The number of nitrogens with zero attached hydrogens (tertiary/aromatic N) is 1. The van der Waals surface area contributed by atoms with Gasteiger partial charge in [-0.2, -0.15) is 0 Å². The van der Waals surface area contributed by atoms with Gasteiger partial charge in [0.05, 0.1) is 7.11 Å². The maximum Gasteiger partial charge on any atom is 0.332 e. The zero-order valence-corrected chi connectivity index (χ0v) is 15.9. The predicted octanol–water partition coefficient (Wildman–Crippen LogP) is 4.89. The van der Waals surface area contributed by atoms with Gasteiger partial charge in [0.2, 0.25) is 0 Å². The van der Waals surface area contributed by atoms with E-state index >= 15 is 0 Å². The Labute approximate surface area is 162 Å². The quantitative estimate of drug-likeness (QED) is 0.399. The minimum Gasteiger partial charge on any atom is -0.466 e. The molecule has 1 heterocycles. The molecular weight excluding hydrogens is 334 g/mol. The summed E-state index contributed by atoms with van der Waals surface area (Å²) >= 11 is 0. The van der Waals surface area contributed by atoms with Crippen molar-refractivity contribution in [2.75, 3.05) is 20.2 Å². The summed E-state index contributed by atoms with van der Waals surface area (Å²) in [6, 6.07) is 20.8. The number of carbonyl (C=O) groups excluding carboxylic acids is 1. The number of rotatable bonds is 7. The highest BCUT2D eigenvalue weighted by molar-refractivity contribution is 5.83. The van der Waals surface area contributed by atoms with E-state index in [9.17, 15) is 4.79 Å². The smallest absolute Gasteiger partial charge is 0.332 e. The summed E-state index contributed by atoms with van der Waals surface area (Å²) in [4.78, 5) is 14.5. The molecule has 0 spiro atoms. The van der Waals surface area contributed by atoms with E-state index in [4.69, 9.17) is 4.74 Å². The highest BCUT2D eigenvalue weighted by atomic mass is 16.5. The molecule has 0 radical (unpaired) electrons. The summed E-state index contributed by atoms with van der Waals surface area (Å²) in [5, 5.41) is 0. The van der Waals surface area contributed by atoms with Crippen LogP contribution in [-0.4, -0.2) is 31.1 Å². The highest BCUT2D eigenvalue weighted by Crippen LogP contribution is 2.41. The Morgan fingerprint density at radius 2 is 1.56 bits per heavy atom.